The lowest BCUT2D eigenvalue weighted by Crippen LogP contribution is -2.39. The summed E-state index contributed by atoms with van der Waals surface area (Å²) in [6.45, 7) is 6.69. The number of benzene rings is 1. The van der Waals surface area contributed by atoms with Crippen molar-refractivity contribution in [2.24, 2.45) is 0 Å². The second-order valence-electron chi connectivity index (χ2n) is 5.64. The molecule has 3 N–H and O–H groups in total. The fourth-order valence-corrected chi connectivity index (χ4v) is 2.33. The Bertz CT molecular complexity index is 418. The third-order valence-corrected chi connectivity index (χ3v) is 3.38. The number of aryl methyl sites for hydroxylation is 1. The monoisotopic (exact) mass is 281 g/mol. The number of hydrogen-bond acceptors (Lipinski definition) is 4. The molecule has 0 spiro atoms. The van der Waals surface area contributed by atoms with Crippen molar-refractivity contribution >= 4 is 0 Å². The lowest BCUT2D eigenvalue weighted by Gasteiger charge is -2.24. The van der Waals surface area contributed by atoms with Gasteiger partial charge in [0.25, 0.3) is 0 Å². The van der Waals surface area contributed by atoms with Crippen LogP contribution in [0.1, 0.15) is 43.9 Å². The van der Waals surface area contributed by atoms with E-state index in [0.717, 1.165) is 24.0 Å². The largest absolute Gasteiger partial charge is 0.496 e. The number of aliphatic hydroxyl groups excluding tert-OH is 1. The highest BCUT2D eigenvalue weighted by molar-refractivity contribution is 5.38. The molecule has 4 heteroatoms. The molecular formula is C16H27NO3. The third-order valence-electron chi connectivity index (χ3n) is 3.38. The van der Waals surface area contributed by atoms with Crippen molar-refractivity contribution in [1.82, 2.24) is 5.32 Å². The van der Waals surface area contributed by atoms with Crippen LogP contribution in [0.25, 0.3) is 0 Å². The van der Waals surface area contributed by atoms with Gasteiger partial charge in [-0.05, 0) is 32.4 Å². The number of nitrogens with one attached hydrogen (secondary N) is 1. The average molecular weight is 281 g/mol. The van der Waals surface area contributed by atoms with Crippen molar-refractivity contribution in [1.29, 1.82) is 0 Å². The van der Waals surface area contributed by atoms with Crippen molar-refractivity contribution in [3.8, 4) is 5.75 Å². The highest BCUT2D eigenvalue weighted by atomic mass is 16.5. The predicted molar refractivity (Wildman–Crippen MR) is 81.1 cm³/mol. The van der Waals surface area contributed by atoms with Gasteiger partial charge in [0.1, 0.15) is 5.75 Å². The maximum Gasteiger partial charge on any atom is 0.124 e. The minimum absolute atomic E-state index is 0.389. The highest BCUT2D eigenvalue weighted by Gasteiger charge is 2.20. The van der Waals surface area contributed by atoms with Crippen LogP contribution in [0, 0.1) is 6.92 Å². The Labute approximate surface area is 121 Å². The molecule has 0 amide bonds. The Hall–Kier alpha value is -1.10. The average Bonchev–Trinajstić information content (AvgIpc) is 2.38. The summed E-state index contributed by atoms with van der Waals surface area (Å²) in [6.07, 6.45) is 1.02. The summed E-state index contributed by atoms with van der Waals surface area (Å²) in [5, 5.41) is 23.5. The van der Waals surface area contributed by atoms with E-state index in [0.29, 0.717) is 18.8 Å². The van der Waals surface area contributed by atoms with E-state index in [1.165, 1.54) is 0 Å². The molecule has 0 radical (unpaired) electrons. The molecule has 20 heavy (non-hydrogen) atoms. The first kappa shape index (κ1) is 17.0. The molecule has 0 aliphatic carbocycles. The van der Waals surface area contributed by atoms with Crippen LogP contribution in [0.4, 0.5) is 0 Å². The predicted octanol–water partition coefficient (Wildman–Crippen LogP) is 2.18. The normalized spacial score (nSPS) is 15.7. The van der Waals surface area contributed by atoms with Gasteiger partial charge in [0.2, 0.25) is 0 Å². The summed E-state index contributed by atoms with van der Waals surface area (Å²) in [5.74, 6) is 0.685. The molecule has 0 fully saturated rings. The lowest BCUT2D eigenvalue weighted by molar-refractivity contribution is 0.0460. The van der Waals surface area contributed by atoms with Gasteiger partial charge < -0.3 is 20.3 Å². The van der Waals surface area contributed by atoms with Crippen molar-refractivity contribution in [2.45, 2.75) is 45.3 Å². The van der Waals surface area contributed by atoms with Gasteiger partial charge in [-0.3, -0.25) is 0 Å². The maximum absolute atomic E-state index is 10.3. The molecule has 4 nitrogen and oxygen atoms in total. The minimum atomic E-state index is -0.731. The first-order chi connectivity index (χ1) is 9.39. The van der Waals surface area contributed by atoms with Crippen LogP contribution < -0.4 is 10.1 Å². The van der Waals surface area contributed by atoms with E-state index in [4.69, 9.17) is 4.74 Å². The summed E-state index contributed by atoms with van der Waals surface area (Å²) >= 11 is 0. The molecule has 0 bridgehead atoms. The Morgan fingerprint density at radius 1 is 1.40 bits per heavy atom. The SMILES string of the molecule is CCCC(C)(O)CNCC(O)c1cc(C)ccc1OC. The summed E-state index contributed by atoms with van der Waals surface area (Å²) in [7, 11) is 1.60. The van der Waals surface area contributed by atoms with E-state index >= 15 is 0 Å². The van der Waals surface area contributed by atoms with E-state index in [2.05, 4.69) is 5.32 Å². The first-order valence-corrected chi connectivity index (χ1v) is 7.15. The molecule has 2 unspecified atom stereocenters. The topological polar surface area (TPSA) is 61.7 Å². The zero-order valence-electron chi connectivity index (χ0n) is 12.9. The molecule has 1 aromatic rings. The van der Waals surface area contributed by atoms with Crippen molar-refractivity contribution in [3.63, 3.8) is 0 Å². The Morgan fingerprint density at radius 2 is 2.10 bits per heavy atom. The van der Waals surface area contributed by atoms with Crippen LogP contribution in [0.15, 0.2) is 18.2 Å². The molecule has 0 heterocycles. The van der Waals surface area contributed by atoms with Crippen LogP contribution in [0.3, 0.4) is 0 Å². The lowest BCUT2D eigenvalue weighted by atomic mass is 10.0. The Kier molecular flexibility index (Phi) is 6.46. The summed E-state index contributed by atoms with van der Waals surface area (Å²) < 4.78 is 5.27. The number of rotatable bonds is 8. The first-order valence-electron chi connectivity index (χ1n) is 7.15. The van der Waals surface area contributed by atoms with Crippen LogP contribution in [-0.2, 0) is 0 Å². The van der Waals surface area contributed by atoms with Gasteiger partial charge >= 0.3 is 0 Å². The van der Waals surface area contributed by atoms with Gasteiger partial charge in [-0.15, -0.1) is 0 Å². The minimum Gasteiger partial charge on any atom is -0.496 e. The molecule has 1 rings (SSSR count). The van der Waals surface area contributed by atoms with E-state index in [1.54, 1.807) is 7.11 Å². The third kappa shape index (κ3) is 5.12. The van der Waals surface area contributed by atoms with Gasteiger partial charge in [0.15, 0.2) is 0 Å². The zero-order chi connectivity index (χ0) is 15.2. The van der Waals surface area contributed by atoms with E-state index in [-0.39, 0.29) is 0 Å². The van der Waals surface area contributed by atoms with Gasteiger partial charge in [-0.1, -0.05) is 25.0 Å². The molecule has 2 atom stereocenters. The van der Waals surface area contributed by atoms with Crippen LogP contribution in [0.2, 0.25) is 0 Å². The molecule has 0 saturated heterocycles. The van der Waals surface area contributed by atoms with Crippen molar-refractivity contribution < 1.29 is 14.9 Å². The van der Waals surface area contributed by atoms with Crippen LogP contribution in [0.5, 0.6) is 5.75 Å². The van der Waals surface area contributed by atoms with E-state index in [9.17, 15) is 10.2 Å². The fourth-order valence-electron chi connectivity index (χ4n) is 2.33. The van der Waals surface area contributed by atoms with Crippen molar-refractivity contribution in [2.75, 3.05) is 20.2 Å². The standard InChI is InChI=1S/C16H27NO3/c1-5-8-16(3,19)11-17-10-14(18)13-9-12(2)6-7-15(13)20-4/h6-7,9,14,17-19H,5,8,10-11H2,1-4H3. The van der Waals surface area contributed by atoms with Gasteiger partial charge in [-0.25, -0.2) is 0 Å². The summed E-state index contributed by atoms with van der Waals surface area (Å²) in [5.41, 5.74) is 1.12. The second-order valence-corrected chi connectivity index (χ2v) is 5.64. The fraction of sp³-hybridized carbons (Fsp3) is 0.625. The molecule has 0 saturated carbocycles. The molecule has 0 aliphatic heterocycles. The van der Waals surface area contributed by atoms with Gasteiger partial charge in [0, 0.05) is 18.7 Å². The molecule has 0 aromatic heterocycles. The van der Waals surface area contributed by atoms with E-state index < -0.39 is 11.7 Å². The number of hydrogen-bond donors (Lipinski definition) is 3. The smallest absolute Gasteiger partial charge is 0.124 e. The molecule has 114 valence electrons. The number of ether oxygens (including phenoxy) is 1. The highest BCUT2D eigenvalue weighted by Crippen LogP contribution is 2.26. The van der Waals surface area contributed by atoms with Crippen LogP contribution >= 0.6 is 0 Å². The van der Waals surface area contributed by atoms with Crippen LogP contribution in [-0.4, -0.2) is 36.0 Å². The van der Waals surface area contributed by atoms with Gasteiger partial charge in [0.05, 0.1) is 18.8 Å². The Morgan fingerprint density at radius 3 is 2.70 bits per heavy atom. The Balaban J connectivity index is 2.59. The zero-order valence-corrected chi connectivity index (χ0v) is 12.9. The number of aliphatic hydroxyl groups is 2. The molecule has 0 aliphatic rings. The van der Waals surface area contributed by atoms with E-state index in [1.807, 2.05) is 39.0 Å². The summed E-state index contributed by atoms with van der Waals surface area (Å²) in [6, 6.07) is 5.74. The quantitative estimate of drug-likeness (QED) is 0.683. The maximum atomic E-state index is 10.3. The number of methoxy groups -OCH3 is 1. The van der Waals surface area contributed by atoms with Gasteiger partial charge in [-0.2, -0.15) is 0 Å². The molecule has 1 aromatic carbocycles. The second kappa shape index (κ2) is 7.62. The molecular weight excluding hydrogens is 254 g/mol. The summed E-state index contributed by atoms with van der Waals surface area (Å²) in [4.78, 5) is 0. The van der Waals surface area contributed by atoms with Crippen molar-refractivity contribution in [3.05, 3.63) is 29.3 Å².